The van der Waals surface area contributed by atoms with E-state index >= 15 is 0 Å². The first-order valence-corrected chi connectivity index (χ1v) is 5.22. The van der Waals surface area contributed by atoms with Crippen LogP contribution in [0.1, 0.15) is 23.6 Å². The summed E-state index contributed by atoms with van der Waals surface area (Å²) in [4.78, 5) is 10.6. The lowest BCUT2D eigenvalue weighted by atomic mass is 10.0. The molecule has 0 spiro atoms. The first-order chi connectivity index (χ1) is 8.32. The van der Waals surface area contributed by atoms with E-state index in [-0.39, 0.29) is 18.0 Å². The molecular weight excluding hydrogens is 243 g/mol. The van der Waals surface area contributed by atoms with E-state index in [2.05, 4.69) is 17.2 Å². The van der Waals surface area contributed by atoms with Gasteiger partial charge in [-0.25, -0.2) is 0 Å². The zero-order valence-corrected chi connectivity index (χ0v) is 9.98. The average Bonchev–Trinajstić information content (AvgIpc) is 2.24. The molecule has 0 aliphatic heterocycles. The Balaban J connectivity index is 2.94. The van der Waals surface area contributed by atoms with E-state index in [0.717, 1.165) is 6.07 Å². The molecule has 0 saturated heterocycles. The molecule has 0 radical (unpaired) electrons. The van der Waals surface area contributed by atoms with E-state index in [1.54, 1.807) is 0 Å². The van der Waals surface area contributed by atoms with Crippen LogP contribution in [0.25, 0.3) is 0 Å². The molecule has 2 nitrogen and oxygen atoms in total. The largest absolute Gasteiger partial charge is 0.416 e. The van der Waals surface area contributed by atoms with Crippen molar-refractivity contribution in [3.05, 3.63) is 34.9 Å². The van der Waals surface area contributed by atoms with Gasteiger partial charge in [0, 0.05) is 12.5 Å². The molecule has 1 aromatic carbocycles. The third-order valence-electron chi connectivity index (χ3n) is 2.29. The van der Waals surface area contributed by atoms with Gasteiger partial charge in [-0.3, -0.25) is 4.79 Å². The number of amides is 1. The molecule has 0 fully saturated rings. The molecular formula is C13H12F3NO. The molecule has 0 aliphatic rings. The summed E-state index contributed by atoms with van der Waals surface area (Å²) in [5.41, 5.74) is -0.274. The minimum atomic E-state index is -4.38. The van der Waals surface area contributed by atoms with Crippen LogP contribution in [-0.4, -0.2) is 12.5 Å². The quantitative estimate of drug-likeness (QED) is 0.767. The van der Waals surface area contributed by atoms with Gasteiger partial charge >= 0.3 is 6.18 Å². The van der Waals surface area contributed by atoms with Crippen LogP contribution in [-0.2, 0) is 11.0 Å². The fourth-order valence-corrected chi connectivity index (χ4v) is 1.39. The van der Waals surface area contributed by atoms with E-state index in [1.807, 2.05) is 0 Å². The van der Waals surface area contributed by atoms with Crippen LogP contribution in [0.15, 0.2) is 18.2 Å². The molecule has 18 heavy (non-hydrogen) atoms. The molecule has 0 unspecified atom stereocenters. The Morgan fingerprint density at radius 3 is 2.61 bits per heavy atom. The zero-order valence-electron chi connectivity index (χ0n) is 9.98. The topological polar surface area (TPSA) is 29.1 Å². The first kappa shape index (κ1) is 14.1. The molecule has 0 atom stereocenters. The Morgan fingerprint density at radius 1 is 1.39 bits per heavy atom. The minimum Gasteiger partial charge on any atom is -0.345 e. The van der Waals surface area contributed by atoms with Gasteiger partial charge in [-0.2, -0.15) is 13.2 Å². The number of alkyl halides is 3. The molecule has 96 valence electrons. The van der Waals surface area contributed by atoms with E-state index in [0.29, 0.717) is 5.56 Å². The number of halogens is 3. The monoisotopic (exact) mass is 255 g/mol. The van der Waals surface area contributed by atoms with Crippen LogP contribution < -0.4 is 5.32 Å². The molecule has 1 aromatic rings. The van der Waals surface area contributed by atoms with Crippen molar-refractivity contribution >= 4 is 5.91 Å². The highest BCUT2D eigenvalue weighted by molar-refractivity contribution is 5.73. The molecule has 0 aliphatic carbocycles. The second-order valence-corrected chi connectivity index (χ2v) is 3.69. The standard InChI is InChI=1S/C13H12F3NO/c1-9-11(6-4-8-17-10(2)18)5-3-7-12(9)13(14,15)16/h3,5,7H,8H2,1-2H3,(H,17,18). The summed E-state index contributed by atoms with van der Waals surface area (Å²) in [6, 6.07) is 3.86. The average molecular weight is 255 g/mol. The molecule has 0 heterocycles. The van der Waals surface area contributed by atoms with Crippen LogP contribution in [0.2, 0.25) is 0 Å². The predicted octanol–water partition coefficient (Wildman–Crippen LogP) is 2.50. The fraction of sp³-hybridized carbons (Fsp3) is 0.308. The molecule has 1 amide bonds. The molecule has 0 aromatic heterocycles. The van der Waals surface area contributed by atoms with Gasteiger partial charge in [-0.15, -0.1) is 0 Å². The third-order valence-corrected chi connectivity index (χ3v) is 2.29. The van der Waals surface area contributed by atoms with Crippen molar-refractivity contribution in [2.45, 2.75) is 20.0 Å². The lowest BCUT2D eigenvalue weighted by molar-refractivity contribution is -0.138. The van der Waals surface area contributed by atoms with E-state index in [1.165, 1.54) is 26.0 Å². The van der Waals surface area contributed by atoms with Crippen molar-refractivity contribution in [1.29, 1.82) is 0 Å². The Bertz CT molecular complexity index is 509. The molecule has 5 heteroatoms. The Labute approximate surface area is 103 Å². The Hall–Kier alpha value is -1.96. The lowest BCUT2D eigenvalue weighted by Gasteiger charge is -2.10. The predicted molar refractivity (Wildman–Crippen MR) is 61.7 cm³/mol. The molecule has 1 rings (SSSR count). The number of nitrogens with one attached hydrogen (secondary N) is 1. The van der Waals surface area contributed by atoms with Gasteiger partial charge in [0.05, 0.1) is 12.1 Å². The minimum absolute atomic E-state index is 0.0975. The number of benzene rings is 1. The zero-order chi connectivity index (χ0) is 13.8. The van der Waals surface area contributed by atoms with Gasteiger partial charge in [0.2, 0.25) is 5.91 Å². The maximum atomic E-state index is 12.6. The Kier molecular flexibility index (Phi) is 4.38. The molecule has 0 bridgehead atoms. The highest BCUT2D eigenvalue weighted by Gasteiger charge is 2.32. The van der Waals surface area contributed by atoms with Crippen LogP contribution in [0.5, 0.6) is 0 Å². The third kappa shape index (κ3) is 3.81. The first-order valence-electron chi connectivity index (χ1n) is 5.22. The normalized spacial score (nSPS) is 10.5. The second-order valence-electron chi connectivity index (χ2n) is 3.69. The SMILES string of the molecule is CC(=O)NCC#Cc1cccc(C(F)(F)F)c1C. The van der Waals surface area contributed by atoms with E-state index < -0.39 is 11.7 Å². The van der Waals surface area contributed by atoms with Crippen molar-refractivity contribution in [1.82, 2.24) is 5.32 Å². The van der Waals surface area contributed by atoms with Crippen LogP contribution >= 0.6 is 0 Å². The Morgan fingerprint density at radius 2 is 2.06 bits per heavy atom. The summed E-state index contributed by atoms with van der Waals surface area (Å²) in [6.07, 6.45) is -4.38. The summed E-state index contributed by atoms with van der Waals surface area (Å²) < 4.78 is 37.9. The van der Waals surface area contributed by atoms with Gasteiger partial charge in [-0.05, 0) is 24.6 Å². The smallest absolute Gasteiger partial charge is 0.345 e. The highest BCUT2D eigenvalue weighted by Crippen LogP contribution is 2.32. The fourth-order valence-electron chi connectivity index (χ4n) is 1.39. The maximum absolute atomic E-state index is 12.6. The van der Waals surface area contributed by atoms with Crippen molar-refractivity contribution in [3.63, 3.8) is 0 Å². The van der Waals surface area contributed by atoms with Gasteiger partial charge in [-0.1, -0.05) is 17.9 Å². The van der Waals surface area contributed by atoms with Crippen LogP contribution in [0, 0.1) is 18.8 Å². The lowest BCUT2D eigenvalue weighted by Crippen LogP contribution is -2.19. The summed E-state index contributed by atoms with van der Waals surface area (Å²) >= 11 is 0. The summed E-state index contributed by atoms with van der Waals surface area (Å²) in [5, 5.41) is 2.45. The van der Waals surface area contributed by atoms with Gasteiger partial charge < -0.3 is 5.32 Å². The van der Waals surface area contributed by atoms with Crippen molar-refractivity contribution in [2.75, 3.05) is 6.54 Å². The van der Waals surface area contributed by atoms with Gasteiger partial charge in [0.15, 0.2) is 0 Å². The second kappa shape index (κ2) is 5.58. The molecule has 1 N–H and O–H groups in total. The van der Waals surface area contributed by atoms with Crippen molar-refractivity contribution in [3.8, 4) is 11.8 Å². The number of rotatable bonds is 1. The summed E-state index contributed by atoms with van der Waals surface area (Å²) in [6.45, 7) is 2.84. The molecule has 0 saturated carbocycles. The van der Waals surface area contributed by atoms with E-state index in [4.69, 9.17) is 0 Å². The summed E-state index contributed by atoms with van der Waals surface area (Å²) in [7, 11) is 0. The number of carbonyl (C=O) groups excluding carboxylic acids is 1. The number of hydrogen-bond donors (Lipinski definition) is 1. The number of carbonyl (C=O) groups is 1. The van der Waals surface area contributed by atoms with Crippen molar-refractivity contribution in [2.24, 2.45) is 0 Å². The van der Waals surface area contributed by atoms with E-state index in [9.17, 15) is 18.0 Å². The van der Waals surface area contributed by atoms with Crippen LogP contribution in [0.3, 0.4) is 0 Å². The van der Waals surface area contributed by atoms with Gasteiger partial charge in [0.1, 0.15) is 0 Å². The summed E-state index contributed by atoms with van der Waals surface area (Å²) in [5.74, 6) is 4.99. The highest BCUT2D eigenvalue weighted by atomic mass is 19.4. The number of hydrogen-bond acceptors (Lipinski definition) is 1. The van der Waals surface area contributed by atoms with Crippen LogP contribution in [0.4, 0.5) is 13.2 Å². The van der Waals surface area contributed by atoms with Crippen molar-refractivity contribution < 1.29 is 18.0 Å². The maximum Gasteiger partial charge on any atom is 0.416 e. The van der Waals surface area contributed by atoms with Gasteiger partial charge in [0.25, 0.3) is 0 Å².